The van der Waals surface area contributed by atoms with Crippen molar-refractivity contribution in [1.82, 2.24) is 25.6 Å². The fraction of sp³-hybridized carbons (Fsp3) is 0.115. The van der Waals surface area contributed by atoms with E-state index in [9.17, 15) is 14.9 Å². The van der Waals surface area contributed by atoms with Crippen molar-refractivity contribution in [2.45, 2.75) is 19.0 Å². The maximum absolute atomic E-state index is 12.5. The third-order valence-electron chi connectivity index (χ3n) is 5.35. The number of carbonyl (C=O) groups is 1. The van der Waals surface area contributed by atoms with Crippen LogP contribution >= 0.6 is 11.8 Å². The number of nitrogens with zero attached hydrogens (tertiary/aromatic N) is 4. The number of hydrogen-bond acceptors (Lipinski definition) is 7. The van der Waals surface area contributed by atoms with Gasteiger partial charge in [-0.15, -0.1) is 10.2 Å². The van der Waals surface area contributed by atoms with E-state index in [0.717, 1.165) is 22.4 Å². The summed E-state index contributed by atoms with van der Waals surface area (Å²) in [5, 5.41) is 20.2. The van der Waals surface area contributed by atoms with Crippen molar-refractivity contribution in [3.05, 3.63) is 106 Å². The predicted octanol–water partition coefficient (Wildman–Crippen LogP) is 4.84. The maximum atomic E-state index is 12.5. The van der Waals surface area contributed by atoms with Crippen LogP contribution in [0.15, 0.2) is 84.5 Å². The van der Waals surface area contributed by atoms with Gasteiger partial charge in [0.15, 0.2) is 11.0 Å². The predicted molar refractivity (Wildman–Crippen MR) is 140 cm³/mol. The van der Waals surface area contributed by atoms with Crippen LogP contribution < -0.4 is 10.9 Å². The average Bonchev–Trinajstić information content (AvgIpc) is 3.31. The van der Waals surface area contributed by atoms with E-state index < -0.39 is 4.92 Å². The molecule has 0 unspecified atom stereocenters. The molecule has 0 atom stereocenters. The molecule has 0 aliphatic rings. The van der Waals surface area contributed by atoms with Gasteiger partial charge >= 0.3 is 0 Å². The highest BCUT2D eigenvalue weighted by Crippen LogP contribution is 2.28. The molecule has 4 aromatic rings. The highest BCUT2D eigenvalue weighted by molar-refractivity contribution is 7.99. The molecule has 0 saturated heterocycles. The monoisotopic (exact) mass is 500 g/mol. The number of hydrazine groups is 1. The molecule has 10 heteroatoms. The summed E-state index contributed by atoms with van der Waals surface area (Å²) >= 11 is 1.26. The Labute approximate surface area is 212 Å². The van der Waals surface area contributed by atoms with Crippen LogP contribution in [-0.2, 0) is 4.79 Å². The van der Waals surface area contributed by atoms with Gasteiger partial charge in [0.1, 0.15) is 0 Å². The third kappa shape index (κ3) is 5.78. The first-order valence-corrected chi connectivity index (χ1v) is 12.0. The number of aromatic nitrogens is 3. The standard InChI is InChI=1S/C26H24N6O3S/c1-17-4-8-21(9-5-17)25-29-30-26(31(25)22-12-6-18(2)7-13-22)36-16-24(33)28-27-19(3)20-10-14-23(15-11-20)32(34)35/h4-15,27H,3,16H2,1-2H3,(H,28,33). The first-order chi connectivity index (χ1) is 17.3. The number of amides is 1. The Morgan fingerprint density at radius 2 is 1.56 bits per heavy atom. The lowest BCUT2D eigenvalue weighted by atomic mass is 10.1. The highest BCUT2D eigenvalue weighted by atomic mass is 32.2. The summed E-state index contributed by atoms with van der Waals surface area (Å²) in [5.41, 5.74) is 10.5. The van der Waals surface area contributed by atoms with E-state index in [4.69, 9.17) is 0 Å². The van der Waals surface area contributed by atoms with Crippen molar-refractivity contribution in [3.63, 3.8) is 0 Å². The summed E-state index contributed by atoms with van der Waals surface area (Å²) < 4.78 is 1.94. The molecular formula is C26H24N6O3S. The SMILES string of the molecule is C=C(NNC(=O)CSc1nnc(-c2ccc(C)cc2)n1-c1ccc(C)cc1)c1ccc([N+](=O)[O-])cc1. The van der Waals surface area contributed by atoms with E-state index in [1.165, 1.54) is 23.9 Å². The van der Waals surface area contributed by atoms with Crippen LogP contribution in [-0.4, -0.2) is 31.3 Å². The Balaban J connectivity index is 1.45. The number of nitro benzene ring substituents is 1. The molecule has 1 amide bonds. The van der Waals surface area contributed by atoms with Crippen molar-refractivity contribution in [2.24, 2.45) is 0 Å². The van der Waals surface area contributed by atoms with Crippen LogP contribution in [0.25, 0.3) is 22.8 Å². The van der Waals surface area contributed by atoms with Gasteiger partial charge in [-0.3, -0.25) is 30.3 Å². The normalized spacial score (nSPS) is 10.6. The zero-order valence-corrected chi connectivity index (χ0v) is 20.6. The van der Waals surface area contributed by atoms with Gasteiger partial charge in [0.05, 0.1) is 16.4 Å². The largest absolute Gasteiger partial charge is 0.299 e. The molecule has 1 heterocycles. The second-order valence-electron chi connectivity index (χ2n) is 8.09. The Morgan fingerprint density at radius 3 is 2.17 bits per heavy atom. The molecule has 0 spiro atoms. The Bertz CT molecular complexity index is 1400. The van der Waals surface area contributed by atoms with E-state index in [1.807, 2.05) is 66.9 Å². The lowest BCUT2D eigenvalue weighted by Gasteiger charge is -2.12. The van der Waals surface area contributed by atoms with Crippen LogP contribution in [0.1, 0.15) is 16.7 Å². The molecule has 3 aromatic carbocycles. The zero-order valence-electron chi connectivity index (χ0n) is 19.8. The van der Waals surface area contributed by atoms with Crippen LogP contribution in [0, 0.1) is 24.0 Å². The molecule has 0 radical (unpaired) electrons. The second kappa shape index (κ2) is 10.9. The Morgan fingerprint density at radius 1 is 0.944 bits per heavy atom. The molecule has 0 aliphatic carbocycles. The van der Waals surface area contributed by atoms with Crippen LogP contribution in [0.5, 0.6) is 0 Å². The minimum absolute atomic E-state index is 0.0188. The molecule has 0 aliphatic heterocycles. The third-order valence-corrected chi connectivity index (χ3v) is 6.28. The minimum atomic E-state index is -0.474. The molecule has 9 nitrogen and oxygen atoms in total. The zero-order chi connectivity index (χ0) is 25.7. The van der Waals surface area contributed by atoms with E-state index in [0.29, 0.717) is 22.2 Å². The van der Waals surface area contributed by atoms with Crippen molar-refractivity contribution < 1.29 is 9.72 Å². The summed E-state index contributed by atoms with van der Waals surface area (Å²) in [6.45, 7) is 7.91. The molecule has 182 valence electrons. The van der Waals surface area contributed by atoms with E-state index in [2.05, 4.69) is 27.6 Å². The summed E-state index contributed by atoms with van der Waals surface area (Å²) in [4.78, 5) is 22.9. The maximum Gasteiger partial charge on any atom is 0.269 e. The fourth-order valence-electron chi connectivity index (χ4n) is 3.35. The Kier molecular flexibility index (Phi) is 7.45. The van der Waals surface area contributed by atoms with E-state index in [1.54, 1.807) is 12.1 Å². The summed E-state index contributed by atoms with van der Waals surface area (Å²) in [6.07, 6.45) is 0. The number of nitro groups is 1. The highest BCUT2D eigenvalue weighted by Gasteiger charge is 2.17. The smallest absolute Gasteiger partial charge is 0.269 e. The van der Waals surface area contributed by atoms with Crippen molar-refractivity contribution in [3.8, 4) is 17.1 Å². The molecule has 2 N–H and O–H groups in total. The number of benzene rings is 3. The molecule has 0 fully saturated rings. The number of carbonyl (C=O) groups excluding carboxylic acids is 1. The number of aryl methyl sites for hydroxylation is 2. The number of non-ortho nitro benzene ring substituents is 1. The molecule has 0 bridgehead atoms. The first kappa shape index (κ1) is 24.7. The van der Waals surface area contributed by atoms with Crippen LogP contribution in [0.4, 0.5) is 5.69 Å². The Hall–Kier alpha value is -4.44. The number of rotatable bonds is 9. The van der Waals surface area contributed by atoms with Crippen molar-refractivity contribution >= 4 is 29.1 Å². The number of nitrogens with one attached hydrogen (secondary N) is 2. The molecule has 1 aromatic heterocycles. The lowest BCUT2D eigenvalue weighted by molar-refractivity contribution is -0.384. The molecular weight excluding hydrogens is 476 g/mol. The van der Waals surface area contributed by atoms with E-state index in [-0.39, 0.29) is 17.3 Å². The van der Waals surface area contributed by atoms with Crippen molar-refractivity contribution in [1.29, 1.82) is 0 Å². The van der Waals surface area contributed by atoms with Crippen LogP contribution in [0.2, 0.25) is 0 Å². The van der Waals surface area contributed by atoms with Crippen molar-refractivity contribution in [2.75, 3.05) is 5.75 Å². The topological polar surface area (TPSA) is 115 Å². The van der Waals surface area contributed by atoms with Crippen LogP contribution in [0.3, 0.4) is 0 Å². The van der Waals surface area contributed by atoms with Gasteiger partial charge in [0, 0.05) is 23.4 Å². The van der Waals surface area contributed by atoms with Gasteiger partial charge in [-0.25, -0.2) is 0 Å². The number of hydrogen-bond donors (Lipinski definition) is 2. The number of thioether (sulfide) groups is 1. The van der Waals surface area contributed by atoms with Gasteiger partial charge in [-0.05, 0) is 43.7 Å². The molecule has 0 saturated carbocycles. The quantitative estimate of drug-likeness (QED) is 0.192. The van der Waals surface area contributed by atoms with Gasteiger partial charge in [0.2, 0.25) is 5.91 Å². The molecule has 4 rings (SSSR count). The van der Waals surface area contributed by atoms with Gasteiger partial charge < -0.3 is 0 Å². The van der Waals surface area contributed by atoms with Gasteiger partial charge in [-0.2, -0.15) is 0 Å². The summed E-state index contributed by atoms with van der Waals surface area (Å²) in [6, 6.07) is 21.9. The fourth-order valence-corrected chi connectivity index (χ4v) is 4.10. The average molecular weight is 501 g/mol. The second-order valence-corrected chi connectivity index (χ2v) is 9.03. The van der Waals surface area contributed by atoms with E-state index >= 15 is 0 Å². The molecule has 36 heavy (non-hydrogen) atoms. The minimum Gasteiger partial charge on any atom is -0.299 e. The summed E-state index contributed by atoms with van der Waals surface area (Å²) in [5.74, 6) is 0.475. The van der Waals surface area contributed by atoms with Gasteiger partial charge in [0.25, 0.3) is 5.69 Å². The van der Waals surface area contributed by atoms with Gasteiger partial charge in [-0.1, -0.05) is 65.9 Å². The first-order valence-electron chi connectivity index (χ1n) is 11.0. The lowest BCUT2D eigenvalue weighted by Crippen LogP contribution is -2.37. The summed E-state index contributed by atoms with van der Waals surface area (Å²) in [7, 11) is 0.